The number of nitrogens with zero attached hydrogens (tertiary/aromatic N) is 1. The number of amides is 2. The van der Waals surface area contributed by atoms with E-state index in [0.717, 1.165) is 0 Å². The van der Waals surface area contributed by atoms with Crippen LogP contribution in [0.1, 0.15) is 16.8 Å². The smallest absolute Gasteiger partial charge is 0.325 e. The number of hydrogen-bond donors (Lipinski definition) is 1. The van der Waals surface area contributed by atoms with Crippen LogP contribution in [-0.2, 0) is 24.3 Å². The van der Waals surface area contributed by atoms with Gasteiger partial charge in [0.15, 0.2) is 0 Å². The third kappa shape index (κ3) is 3.62. The fourth-order valence-electron chi connectivity index (χ4n) is 2.00. The summed E-state index contributed by atoms with van der Waals surface area (Å²) in [6.07, 6.45) is -0.116. The van der Waals surface area contributed by atoms with E-state index >= 15 is 0 Å². The Balaban J connectivity index is 2.31. The Morgan fingerprint density at radius 1 is 1.39 bits per heavy atom. The number of carbonyl (C=O) groups is 3. The number of sulfonamides is 1. The minimum Gasteiger partial charge on any atom is -0.468 e. The number of ether oxygens (including phenoxy) is 1. The van der Waals surface area contributed by atoms with Gasteiger partial charge in [-0.25, -0.2) is 12.7 Å². The summed E-state index contributed by atoms with van der Waals surface area (Å²) < 4.78 is 28.9. The summed E-state index contributed by atoms with van der Waals surface area (Å²) in [5, 5.41) is 2.35. The summed E-state index contributed by atoms with van der Waals surface area (Å²) >= 11 is 5.92. The summed E-state index contributed by atoms with van der Waals surface area (Å²) in [7, 11) is -2.57. The van der Waals surface area contributed by atoms with Gasteiger partial charge in [-0.1, -0.05) is 11.6 Å². The van der Waals surface area contributed by atoms with Crippen LogP contribution in [0.3, 0.4) is 0 Å². The number of nitrogens with one attached hydrogen (secondary N) is 1. The highest BCUT2D eigenvalue weighted by Gasteiger charge is 2.36. The second-order valence-electron chi connectivity index (χ2n) is 4.65. The quantitative estimate of drug-likeness (QED) is 0.774. The molecule has 0 aliphatic carbocycles. The van der Waals surface area contributed by atoms with E-state index < -0.39 is 27.8 Å². The van der Waals surface area contributed by atoms with E-state index in [1.165, 1.54) is 25.3 Å². The fraction of sp³-hybridized carbons (Fsp3) is 0.308. The molecule has 1 heterocycles. The molecule has 0 bridgehead atoms. The van der Waals surface area contributed by atoms with E-state index in [9.17, 15) is 22.8 Å². The molecule has 124 valence electrons. The summed E-state index contributed by atoms with van der Waals surface area (Å²) in [6.45, 7) is -0.364. The largest absolute Gasteiger partial charge is 0.468 e. The van der Waals surface area contributed by atoms with Gasteiger partial charge in [0.1, 0.15) is 6.54 Å². The van der Waals surface area contributed by atoms with E-state index in [-0.39, 0.29) is 35.0 Å². The van der Waals surface area contributed by atoms with Crippen molar-refractivity contribution in [2.24, 2.45) is 0 Å². The van der Waals surface area contributed by atoms with Gasteiger partial charge in [0, 0.05) is 6.42 Å². The molecule has 1 aromatic carbocycles. The molecule has 0 saturated carbocycles. The van der Waals surface area contributed by atoms with Crippen LogP contribution in [0.4, 0.5) is 5.69 Å². The molecular weight excluding hydrogens is 348 g/mol. The van der Waals surface area contributed by atoms with Gasteiger partial charge in [0.25, 0.3) is 5.91 Å². The normalized spacial score (nSPS) is 16.3. The monoisotopic (exact) mass is 360 g/mol. The van der Waals surface area contributed by atoms with Crippen molar-refractivity contribution in [3.8, 4) is 0 Å². The number of halogens is 1. The lowest BCUT2D eigenvalue weighted by Crippen LogP contribution is -2.32. The SMILES string of the molecule is COC(=O)CNC(=O)c1cc(N2C(=O)CCS2(=O)=O)ccc1Cl. The van der Waals surface area contributed by atoms with Crippen LogP contribution in [0.15, 0.2) is 18.2 Å². The molecule has 1 aromatic rings. The van der Waals surface area contributed by atoms with Crippen LogP contribution in [0.2, 0.25) is 5.02 Å². The van der Waals surface area contributed by atoms with E-state index in [4.69, 9.17) is 11.6 Å². The molecule has 1 N–H and O–H groups in total. The Kier molecular flexibility index (Phi) is 4.90. The molecule has 0 radical (unpaired) electrons. The van der Waals surface area contributed by atoms with Gasteiger partial charge in [-0.2, -0.15) is 0 Å². The number of benzene rings is 1. The van der Waals surface area contributed by atoms with Crippen molar-refractivity contribution in [3.63, 3.8) is 0 Å². The van der Waals surface area contributed by atoms with Gasteiger partial charge >= 0.3 is 5.97 Å². The predicted molar refractivity (Wildman–Crippen MR) is 81.7 cm³/mol. The van der Waals surface area contributed by atoms with E-state index in [1.54, 1.807) is 0 Å². The molecule has 2 amide bonds. The number of methoxy groups -OCH3 is 1. The Morgan fingerprint density at radius 3 is 2.65 bits per heavy atom. The lowest BCUT2D eigenvalue weighted by atomic mass is 10.2. The van der Waals surface area contributed by atoms with Gasteiger partial charge in [0.05, 0.1) is 29.1 Å². The summed E-state index contributed by atoms with van der Waals surface area (Å²) in [4.78, 5) is 34.8. The van der Waals surface area contributed by atoms with Crippen LogP contribution in [0.25, 0.3) is 0 Å². The molecule has 1 aliphatic heterocycles. The van der Waals surface area contributed by atoms with Gasteiger partial charge in [-0.15, -0.1) is 0 Å². The fourth-order valence-corrected chi connectivity index (χ4v) is 3.66. The van der Waals surface area contributed by atoms with Crippen LogP contribution in [-0.4, -0.2) is 45.6 Å². The minimum absolute atomic E-state index is 0.0279. The Hall–Kier alpha value is -2.13. The third-order valence-electron chi connectivity index (χ3n) is 3.13. The van der Waals surface area contributed by atoms with Crippen molar-refractivity contribution >= 4 is 45.1 Å². The lowest BCUT2D eigenvalue weighted by molar-refractivity contribution is -0.139. The van der Waals surface area contributed by atoms with Crippen LogP contribution in [0, 0.1) is 0 Å². The zero-order valence-electron chi connectivity index (χ0n) is 12.0. The van der Waals surface area contributed by atoms with E-state index in [2.05, 4.69) is 10.1 Å². The average Bonchev–Trinajstić information content (AvgIpc) is 2.78. The molecule has 0 spiro atoms. The first-order valence-corrected chi connectivity index (χ1v) is 8.45. The Labute approximate surface area is 137 Å². The molecule has 0 aromatic heterocycles. The Bertz CT molecular complexity index is 777. The first kappa shape index (κ1) is 17.2. The first-order valence-electron chi connectivity index (χ1n) is 6.46. The van der Waals surface area contributed by atoms with Gasteiger partial charge in [-0.05, 0) is 18.2 Å². The Morgan fingerprint density at radius 2 is 2.09 bits per heavy atom. The number of hydrogen-bond acceptors (Lipinski definition) is 6. The highest BCUT2D eigenvalue weighted by molar-refractivity contribution is 7.94. The maximum Gasteiger partial charge on any atom is 0.325 e. The van der Waals surface area contributed by atoms with Crippen molar-refractivity contribution in [2.45, 2.75) is 6.42 Å². The van der Waals surface area contributed by atoms with Crippen molar-refractivity contribution in [3.05, 3.63) is 28.8 Å². The summed E-state index contributed by atoms with van der Waals surface area (Å²) in [5.74, 6) is -2.19. The van der Waals surface area contributed by atoms with Gasteiger partial charge in [0.2, 0.25) is 15.9 Å². The molecular formula is C13H13ClN2O6S. The highest BCUT2D eigenvalue weighted by atomic mass is 35.5. The highest BCUT2D eigenvalue weighted by Crippen LogP contribution is 2.29. The maximum absolute atomic E-state index is 12.0. The lowest BCUT2D eigenvalue weighted by Gasteiger charge is -2.16. The predicted octanol–water partition coefficient (Wildman–Crippen LogP) is 0.309. The molecule has 8 nitrogen and oxygen atoms in total. The minimum atomic E-state index is -3.74. The van der Waals surface area contributed by atoms with Crippen LogP contribution < -0.4 is 9.62 Å². The number of rotatable bonds is 4. The molecule has 0 unspecified atom stereocenters. The standard InChI is InChI=1S/C13H13ClN2O6S/c1-22-12(18)7-15-13(19)9-6-8(2-3-10(9)14)16-11(17)4-5-23(16,20)21/h2-3,6H,4-5,7H2,1H3,(H,15,19). The third-order valence-corrected chi connectivity index (χ3v) is 5.15. The number of carbonyl (C=O) groups excluding carboxylic acids is 3. The zero-order chi connectivity index (χ0) is 17.2. The van der Waals surface area contributed by atoms with E-state index in [0.29, 0.717) is 4.31 Å². The van der Waals surface area contributed by atoms with E-state index in [1.807, 2.05) is 0 Å². The zero-order valence-corrected chi connectivity index (χ0v) is 13.6. The van der Waals surface area contributed by atoms with Crippen LogP contribution in [0.5, 0.6) is 0 Å². The summed E-state index contributed by atoms with van der Waals surface area (Å²) in [5.41, 5.74) is -0.0249. The number of anilines is 1. The molecule has 0 atom stereocenters. The topological polar surface area (TPSA) is 110 Å². The van der Waals surface area contributed by atoms with Crippen molar-refractivity contribution in [2.75, 3.05) is 23.7 Å². The molecule has 10 heteroatoms. The molecule has 1 fully saturated rings. The number of esters is 1. The van der Waals surface area contributed by atoms with Crippen LogP contribution >= 0.6 is 11.6 Å². The van der Waals surface area contributed by atoms with Crippen molar-refractivity contribution in [1.29, 1.82) is 0 Å². The van der Waals surface area contributed by atoms with Crippen molar-refractivity contribution in [1.82, 2.24) is 5.32 Å². The molecule has 1 saturated heterocycles. The average molecular weight is 361 g/mol. The summed E-state index contributed by atoms with van der Waals surface area (Å²) in [6, 6.07) is 3.83. The van der Waals surface area contributed by atoms with Crippen molar-refractivity contribution < 1.29 is 27.5 Å². The molecule has 23 heavy (non-hydrogen) atoms. The molecule has 1 aliphatic rings. The van der Waals surface area contributed by atoms with Gasteiger partial charge in [-0.3, -0.25) is 14.4 Å². The van der Waals surface area contributed by atoms with Gasteiger partial charge < -0.3 is 10.1 Å². The maximum atomic E-state index is 12.0. The molecule has 2 rings (SSSR count). The second-order valence-corrected chi connectivity index (χ2v) is 6.99. The first-order chi connectivity index (χ1) is 10.8. The second kappa shape index (κ2) is 6.55.